The molecule has 5 rings (SSSR count). The van der Waals surface area contributed by atoms with E-state index in [2.05, 4.69) is 32.4 Å². The van der Waals surface area contributed by atoms with Crippen molar-refractivity contribution in [3.63, 3.8) is 0 Å². The fraction of sp³-hybridized carbons (Fsp3) is 0.500. The Bertz CT molecular complexity index is 1210. The van der Waals surface area contributed by atoms with E-state index < -0.39 is 10.8 Å². The highest BCUT2D eigenvalue weighted by Crippen LogP contribution is 2.31. The molecule has 0 bridgehead atoms. The standard InChI is InChI=1S/C26H34N8O3S/c1-20(35)17-23(36)31-9-11-33(12-10-31)26-29-24(32-13-15-38(37)16-14-32)22-18-27-19-34(25(22)30-26)28-8-7-21-5-3-2-4-6-21/h2-6,18,28H,7-17,19H2,1H3. The maximum atomic E-state index is 12.4. The van der Waals surface area contributed by atoms with Crippen LogP contribution in [0.5, 0.6) is 0 Å². The van der Waals surface area contributed by atoms with Crippen molar-refractivity contribution in [2.45, 2.75) is 19.8 Å². The number of benzene rings is 1. The van der Waals surface area contributed by atoms with Gasteiger partial charge >= 0.3 is 0 Å². The maximum absolute atomic E-state index is 12.4. The first-order valence-corrected chi connectivity index (χ1v) is 14.6. The molecule has 0 spiro atoms. The fourth-order valence-corrected chi connectivity index (χ4v) is 5.91. The molecule has 202 valence electrons. The summed E-state index contributed by atoms with van der Waals surface area (Å²) in [5.74, 6) is 3.15. The quantitative estimate of drug-likeness (QED) is 0.483. The largest absolute Gasteiger partial charge is 0.354 e. The average Bonchev–Trinajstić information content (AvgIpc) is 2.93. The number of hydrazine groups is 1. The summed E-state index contributed by atoms with van der Waals surface area (Å²) in [6.07, 6.45) is 2.65. The van der Waals surface area contributed by atoms with E-state index in [1.807, 2.05) is 29.4 Å². The molecule has 11 nitrogen and oxygen atoms in total. The van der Waals surface area contributed by atoms with Crippen molar-refractivity contribution in [2.24, 2.45) is 4.99 Å². The first-order chi connectivity index (χ1) is 18.5. The van der Waals surface area contributed by atoms with Gasteiger partial charge in [0.05, 0.1) is 12.0 Å². The number of carbonyl (C=O) groups is 2. The minimum Gasteiger partial charge on any atom is -0.354 e. The Morgan fingerprint density at radius 3 is 2.37 bits per heavy atom. The van der Waals surface area contributed by atoms with Gasteiger partial charge in [-0.2, -0.15) is 9.97 Å². The number of nitrogens with one attached hydrogen (secondary N) is 1. The third-order valence-corrected chi connectivity index (χ3v) is 8.22. The Kier molecular flexibility index (Phi) is 8.28. The number of piperazine rings is 1. The van der Waals surface area contributed by atoms with Crippen LogP contribution in [0, 0.1) is 0 Å². The van der Waals surface area contributed by atoms with Crippen LogP contribution in [0.15, 0.2) is 35.3 Å². The summed E-state index contributed by atoms with van der Waals surface area (Å²) >= 11 is 0. The van der Waals surface area contributed by atoms with Crippen molar-refractivity contribution in [3.8, 4) is 0 Å². The Balaban J connectivity index is 1.37. The van der Waals surface area contributed by atoms with Gasteiger partial charge in [-0.3, -0.25) is 23.8 Å². The first kappa shape index (κ1) is 26.2. The number of aromatic nitrogens is 2. The molecule has 2 fully saturated rings. The number of fused-ring (bicyclic) bond motifs is 1. The zero-order valence-electron chi connectivity index (χ0n) is 21.7. The second-order valence-electron chi connectivity index (χ2n) is 9.69. The smallest absolute Gasteiger partial charge is 0.230 e. The second-order valence-corrected chi connectivity index (χ2v) is 11.4. The minimum absolute atomic E-state index is 0.0568. The Hall–Kier alpha value is -3.38. The number of Topliss-reactive ketones (excluding diaryl/α,β-unsaturated/α-hetero) is 1. The first-order valence-electron chi connectivity index (χ1n) is 13.1. The zero-order valence-corrected chi connectivity index (χ0v) is 22.5. The van der Waals surface area contributed by atoms with E-state index in [1.54, 1.807) is 4.90 Å². The van der Waals surface area contributed by atoms with Crippen LogP contribution >= 0.6 is 0 Å². The predicted molar refractivity (Wildman–Crippen MR) is 149 cm³/mol. The minimum atomic E-state index is -0.802. The van der Waals surface area contributed by atoms with Gasteiger partial charge in [-0.15, -0.1) is 0 Å². The summed E-state index contributed by atoms with van der Waals surface area (Å²) in [5.41, 5.74) is 5.60. The lowest BCUT2D eigenvalue weighted by Crippen LogP contribution is -2.50. The van der Waals surface area contributed by atoms with Gasteiger partial charge in [0.2, 0.25) is 11.9 Å². The van der Waals surface area contributed by atoms with E-state index in [9.17, 15) is 13.8 Å². The number of carbonyl (C=O) groups excluding carboxylic acids is 2. The molecular formula is C26H34N8O3S. The molecule has 2 aromatic rings. The van der Waals surface area contributed by atoms with Gasteiger partial charge in [-0.25, -0.2) is 5.43 Å². The number of rotatable bonds is 8. The molecule has 1 aromatic carbocycles. The lowest BCUT2D eigenvalue weighted by molar-refractivity contribution is -0.135. The monoisotopic (exact) mass is 538 g/mol. The number of hydrogen-bond donors (Lipinski definition) is 1. The summed E-state index contributed by atoms with van der Waals surface area (Å²) in [5, 5.41) is 1.97. The van der Waals surface area contributed by atoms with Gasteiger partial charge in [0.25, 0.3) is 0 Å². The number of ketones is 1. The van der Waals surface area contributed by atoms with Crippen molar-refractivity contribution < 1.29 is 13.8 Å². The number of nitrogens with zero attached hydrogens (tertiary/aromatic N) is 7. The second kappa shape index (κ2) is 12.0. The van der Waals surface area contributed by atoms with E-state index in [4.69, 9.17) is 9.97 Å². The van der Waals surface area contributed by atoms with Gasteiger partial charge in [-0.05, 0) is 18.9 Å². The molecule has 0 unspecified atom stereocenters. The zero-order chi connectivity index (χ0) is 26.5. The molecule has 1 amide bonds. The van der Waals surface area contributed by atoms with Gasteiger partial charge in [0, 0.05) is 74.3 Å². The van der Waals surface area contributed by atoms with Gasteiger partial charge in [0.15, 0.2) is 5.82 Å². The average molecular weight is 539 g/mol. The van der Waals surface area contributed by atoms with Crippen molar-refractivity contribution in [1.29, 1.82) is 0 Å². The fourth-order valence-electron chi connectivity index (χ4n) is 4.85. The van der Waals surface area contributed by atoms with E-state index in [-0.39, 0.29) is 18.1 Å². The summed E-state index contributed by atoms with van der Waals surface area (Å²) in [7, 11) is -0.802. The lowest BCUT2D eigenvalue weighted by atomic mass is 10.1. The predicted octanol–water partition coefficient (Wildman–Crippen LogP) is 0.617. The number of anilines is 3. The van der Waals surface area contributed by atoms with Crippen LogP contribution in [0.4, 0.5) is 17.6 Å². The Morgan fingerprint density at radius 1 is 0.947 bits per heavy atom. The molecule has 3 aliphatic heterocycles. The molecule has 4 heterocycles. The maximum Gasteiger partial charge on any atom is 0.230 e. The third kappa shape index (κ3) is 6.18. The summed E-state index contributed by atoms with van der Waals surface area (Å²) in [6.45, 7) is 6.15. The Morgan fingerprint density at radius 2 is 1.66 bits per heavy atom. The molecule has 1 aromatic heterocycles. The molecule has 1 N–H and O–H groups in total. The molecular weight excluding hydrogens is 504 g/mol. The van der Waals surface area contributed by atoms with E-state index in [0.29, 0.717) is 63.4 Å². The molecule has 0 aliphatic carbocycles. The molecule has 2 saturated heterocycles. The number of hydrogen-bond acceptors (Lipinski definition) is 10. The van der Waals surface area contributed by atoms with Crippen LogP contribution in [0.1, 0.15) is 24.5 Å². The van der Waals surface area contributed by atoms with Crippen molar-refractivity contribution in [1.82, 2.24) is 20.3 Å². The van der Waals surface area contributed by atoms with E-state index in [0.717, 1.165) is 30.2 Å². The summed E-state index contributed by atoms with van der Waals surface area (Å²) < 4.78 is 12.0. The normalized spacial score (nSPS) is 18.0. The van der Waals surface area contributed by atoms with Crippen molar-refractivity contribution in [3.05, 3.63) is 41.5 Å². The van der Waals surface area contributed by atoms with Gasteiger partial charge in [0.1, 0.15) is 18.3 Å². The van der Waals surface area contributed by atoms with E-state index in [1.165, 1.54) is 12.5 Å². The van der Waals surface area contributed by atoms with Crippen LogP contribution in [-0.2, 0) is 26.8 Å². The third-order valence-electron chi connectivity index (χ3n) is 6.94. The Labute approximate surface area is 225 Å². The van der Waals surface area contributed by atoms with Crippen molar-refractivity contribution >= 4 is 46.3 Å². The summed E-state index contributed by atoms with van der Waals surface area (Å²) in [4.78, 5) is 44.3. The van der Waals surface area contributed by atoms with Gasteiger partial charge in [-0.1, -0.05) is 30.3 Å². The van der Waals surface area contributed by atoms with Gasteiger partial charge < -0.3 is 14.7 Å². The molecule has 0 radical (unpaired) electrons. The molecule has 38 heavy (non-hydrogen) atoms. The highest BCUT2D eigenvalue weighted by Gasteiger charge is 2.29. The molecule has 0 saturated carbocycles. The highest BCUT2D eigenvalue weighted by atomic mass is 32.2. The highest BCUT2D eigenvalue weighted by molar-refractivity contribution is 7.85. The number of amides is 1. The number of aliphatic imine (C=N–C) groups is 1. The van der Waals surface area contributed by atoms with Crippen LogP contribution in [0.2, 0.25) is 0 Å². The molecule has 0 atom stereocenters. The summed E-state index contributed by atoms with van der Waals surface area (Å²) in [6, 6.07) is 10.3. The van der Waals surface area contributed by atoms with Crippen LogP contribution < -0.4 is 20.2 Å². The molecule has 12 heteroatoms. The van der Waals surface area contributed by atoms with Crippen molar-refractivity contribution in [2.75, 3.05) is 78.8 Å². The topological polar surface area (TPSA) is 114 Å². The molecule has 3 aliphatic rings. The van der Waals surface area contributed by atoms with E-state index >= 15 is 0 Å². The SMILES string of the molecule is CC(=O)CC(=O)N1CCN(c2nc(N3CCS(=O)CC3)c3c(n2)N(NCCc2ccccc2)CN=C3)CC1. The van der Waals surface area contributed by atoms with Crippen LogP contribution in [0.25, 0.3) is 0 Å². The van der Waals surface area contributed by atoms with Crippen LogP contribution in [0.3, 0.4) is 0 Å². The van der Waals surface area contributed by atoms with Crippen LogP contribution in [-0.4, -0.2) is 101 Å². The lowest BCUT2D eigenvalue weighted by Gasteiger charge is -2.37.